The highest BCUT2D eigenvalue weighted by Gasteiger charge is 2.26. The van der Waals surface area contributed by atoms with Crippen LogP contribution in [-0.4, -0.2) is 19.1 Å². The third-order valence-electron chi connectivity index (χ3n) is 3.93. The van der Waals surface area contributed by atoms with E-state index < -0.39 is 0 Å². The van der Waals surface area contributed by atoms with Crippen molar-refractivity contribution in [2.45, 2.75) is 19.0 Å². The van der Waals surface area contributed by atoms with Gasteiger partial charge in [-0.05, 0) is 24.6 Å². The van der Waals surface area contributed by atoms with Gasteiger partial charge in [-0.2, -0.15) is 0 Å². The molecular weight excluding hydrogens is 268 g/mol. The first-order chi connectivity index (χ1) is 9.75. The first-order valence-electron chi connectivity index (χ1n) is 7.05. The van der Waals surface area contributed by atoms with E-state index in [0.717, 1.165) is 23.8 Å². The third kappa shape index (κ3) is 2.67. The van der Waals surface area contributed by atoms with Crippen molar-refractivity contribution < 1.29 is 0 Å². The predicted molar refractivity (Wildman–Crippen MR) is 85.4 cm³/mol. The molecule has 1 aliphatic heterocycles. The van der Waals surface area contributed by atoms with Crippen molar-refractivity contribution in [1.29, 1.82) is 0 Å². The Hall–Kier alpha value is -1.51. The number of hydrogen-bond donors (Lipinski definition) is 1. The lowest BCUT2D eigenvalue weighted by atomic mass is 10.0. The van der Waals surface area contributed by atoms with Crippen molar-refractivity contribution in [3.05, 3.63) is 65.2 Å². The predicted octanol–water partition coefficient (Wildman–Crippen LogP) is 3.88. The van der Waals surface area contributed by atoms with E-state index in [1.165, 1.54) is 5.56 Å². The molecule has 1 aliphatic rings. The van der Waals surface area contributed by atoms with E-state index in [1.807, 2.05) is 18.2 Å². The molecule has 2 aromatic rings. The van der Waals surface area contributed by atoms with Crippen LogP contribution in [0, 0.1) is 0 Å². The van der Waals surface area contributed by atoms with E-state index in [9.17, 15) is 0 Å². The Morgan fingerprint density at radius 1 is 1.05 bits per heavy atom. The molecule has 0 aliphatic carbocycles. The molecule has 3 heteroatoms. The number of halogens is 1. The highest BCUT2D eigenvalue weighted by atomic mass is 35.5. The average Bonchev–Trinajstić information content (AvgIpc) is 2.49. The van der Waals surface area contributed by atoms with Crippen LogP contribution in [0.1, 0.15) is 18.5 Å². The molecular formula is C17H19ClN2. The Bertz CT molecular complexity index is 570. The van der Waals surface area contributed by atoms with Gasteiger partial charge in [-0.1, -0.05) is 54.1 Å². The summed E-state index contributed by atoms with van der Waals surface area (Å²) in [6.45, 7) is 4.14. The molecule has 2 atom stereocenters. The fraction of sp³-hybridized carbons (Fsp3) is 0.294. The minimum absolute atomic E-state index is 0.351. The third-order valence-corrected chi connectivity index (χ3v) is 4.25. The lowest BCUT2D eigenvalue weighted by Crippen LogP contribution is -2.51. The van der Waals surface area contributed by atoms with Crippen LogP contribution >= 0.6 is 11.6 Å². The lowest BCUT2D eigenvalue weighted by molar-refractivity contribution is 0.414. The number of piperazine rings is 1. The van der Waals surface area contributed by atoms with E-state index in [1.54, 1.807) is 0 Å². The van der Waals surface area contributed by atoms with Gasteiger partial charge < -0.3 is 10.2 Å². The SMILES string of the molecule is CC1CNC(c2ccccc2)CN1c1ccccc1Cl. The molecule has 1 heterocycles. The van der Waals surface area contributed by atoms with E-state index in [4.69, 9.17) is 11.6 Å². The van der Waals surface area contributed by atoms with Gasteiger partial charge in [0.05, 0.1) is 10.7 Å². The number of anilines is 1. The monoisotopic (exact) mass is 286 g/mol. The zero-order valence-corrected chi connectivity index (χ0v) is 12.3. The Labute approximate surface area is 125 Å². The zero-order valence-electron chi connectivity index (χ0n) is 11.6. The molecule has 0 radical (unpaired) electrons. The van der Waals surface area contributed by atoms with Crippen LogP contribution in [0.5, 0.6) is 0 Å². The number of rotatable bonds is 2. The summed E-state index contributed by atoms with van der Waals surface area (Å²) in [6.07, 6.45) is 0. The highest BCUT2D eigenvalue weighted by Crippen LogP contribution is 2.30. The van der Waals surface area contributed by atoms with E-state index >= 15 is 0 Å². The summed E-state index contributed by atoms with van der Waals surface area (Å²) >= 11 is 6.35. The minimum Gasteiger partial charge on any atom is -0.364 e. The second-order valence-electron chi connectivity index (χ2n) is 5.32. The summed E-state index contributed by atoms with van der Waals surface area (Å²) < 4.78 is 0. The molecule has 1 N–H and O–H groups in total. The summed E-state index contributed by atoms with van der Waals surface area (Å²) in [5, 5.41) is 4.45. The van der Waals surface area contributed by atoms with Gasteiger partial charge >= 0.3 is 0 Å². The van der Waals surface area contributed by atoms with Crippen LogP contribution in [0.4, 0.5) is 5.69 Å². The second kappa shape index (κ2) is 5.86. The summed E-state index contributed by atoms with van der Waals surface area (Å²) in [6, 6.07) is 19.5. The van der Waals surface area contributed by atoms with Crippen molar-refractivity contribution in [3.8, 4) is 0 Å². The number of para-hydroxylation sites is 1. The second-order valence-corrected chi connectivity index (χ2v) is 5.73. The van der Waals surface area contributed by atoms with Crippen molar-refractivity contribution in [2.75, 3.05) is 18.0 Å². The summed E-state index contributed by atoms with van der Waals surface area (Å²) in [5.74, 6) is 0. The molecule has 104 valence electrons. The summed E-state index contributed by atoms with van der Waals surface area (Å²) in [7, 11) is 0. The molecule has 0 spiro atoms. The molecule has 20 heavy (non-hydrogen) atoms. The van der Waals surface area contributed by atoms with Gasteiger partial charge in [-0.3, -0.25) is 0 Å². The standard InChI is InChI=1S/C17H19ClN2/c1-13-11-19-16(14-7-3-2-4-8-14)12-20(13)17-10-6-5-9-15(17)18/h2-10,13,16,19H,11-12H2,1H3. The maximum absolute atomic E-state index is 6.35. The number of hydrogen-bond acceptors (Lipinski definition) is 2. The van der Waals surface area contributed by atoms with Gasteiger partial charge in [-0.15, -0.1) is 0 Å². The van der Waals surface area contributed by atoms with Gasteiger partial charge in [-0.25, -0.2) is 0 Å². The molecule has 2 nitrogen and oxygen atoms in total. The molecule has 2 aromatic carbocycles. The molecule has 1 fully saturated rings. The summed E-state index contributed by atoms with van der Waals surface area (Å²) in [5.41, 5.74) is 2.46. The Balaban J connectivity index is 1.86. The molecule has 0 aromatic heterocycles. The molecule has 2 unspecified atom stereocenters. The van der Waals surface area contributed by atoms with Crippen LogP contribution in [0.2, 0.25) is 5.02 Å². The van der Waals surface area contributed by atoms with Gasteiger partial charge in [0.15, 0.2) is 0 Å². The topological polar surface area (TPSA) is 15.3 Å². The highest BCUT2D eigenvalue weighted by molar-refractivity contribution is 6.33. The first kappa shape index (κ1) is 13.5. The Morgan fingerprint density at radius 2 is 1.75 bits per heavy atom. The van der Waals surface area contributed by atoms with E-state index in [2.05, 4.69) is 53.5 Å². The van der Waals surface area contributed by atoms with Gasteiger partial charge in [0.1, 0.15) is 0 Å². The van der Waals surface area contributed by atoms with Crippen molar-refractivity contribution in [2.24, 2.45) is 0 Å². The minimum atomic E-state index is 0.351. The summed E-state index contributed by atoms with van der Waals surface area (Å²) in [4.78, 5) is 2.40. The van der Waals surface area contributed by atoms with Crippen LogP contribution in [0.3, 0.4) is 0 Å². The van der Waals surface area contributed by atoms with E-state index in [0.29, 0.717) is 12.1 Å². The average molecular weight is 287 g/mol. The van der Waals surface area contributed by atoms with Crippen LogP contribution in [0.25, 0.3) is 0 Å². The quantitative estimate of drug-likeness (QED) is 0.901. The van der Waals surface area contributed by atoms with Crippen LogP contribution in [-0.2, 0) is 0 Å². The van der Waals surface area contributed by atoms with Gasteiger partial charge in [0.25, 0.3) is 0 Å². The molecule has 3 rings (SSSR count). The Kier molecular flexibility index (Phi) is 3.95. The Morgan fingerprint density at radius 3 is 2.50 bits per heavy atom. The lowest BCUT2D eigenvalue weighted by Gasteiger charge is -2.41. The van der Waals surface area contributed by atoms with Crippen LogP contribution in [0.15, 0.2) is 54.6 Å². The smallest absolute Gasteiger partial charge is 0.0639 e. The van der Waals surface area contributed by atoms with Crippen molar-refractivity contribution in [3.63, 3.8) is 0 Å². The fourth-order valence-corrected chi connectivity index (χ4v) is 3.04. The zero-order chi connectivity index (χ0) is 13.9. The number of nitrogens with zero attached hydrogens (tertiary/aromatic N) is 1. The first-order valence-corrected chi connectivity index (χ1v) is 7.43. The van der Waals surface area contributed by atoms with Crippen LogP contribution < -0.4 is 10.2 Å². The molecule has 0 amide bonds. The molecule has 1 saturated heterocycles. The van der Waals surface area contributed by atoms with Gasteiger partial charge in [0.2, 0.25) is 0 Å². The maximum Gasteiger partial charge on any atom is 0.0639 e. The molecule has 0 bridgehead atoms. The number of nitrogens with one attached hydrogen (secondary N) is 1. The fourth-order valence-electron chi connectivity index (χ4n) is 2.79. The van der Waals surface area contributed by atoms with Crippen molar-refractivity contribution >= 4 is 17.3 Å². The van der Waals surface area contributed by atoms with Crippen molar-refractivity contribution in [1.82, 2.24) is 5.32 Å². The number of benzene rings is 2. The largest absolute Gasteiger partial charge is 0.364 e. The molecule has 0 saturated carbocycles. The normalized spacial score (nSPS) is 22.8. The van der Waals surface area contributed by atoms with Gasteiger partial charge in [0, 0.05) is 25.2 Å². The van der Waals surface area contributed by atoms with E-state index in [-0.39, 0.29) is 0 Å². The maximum atomic E-state index is 6.35.